The average Bonchev–Trinajstić information content (AvgIpc) is 2.46. The van der Waals surface area contributed by atoms with Gasteiger partial charge in [-0.15, -0.1) is 0 Å². The Kier molecular flexibility index (Phi) is 5.24. The molecule has 1 aromatic rings. The first kappa shape index (κ1) is 14.7. The van der Waals surface area contributed by atoms with Gasteiger partial charge in [0.2, 0.25) is 0 Å². The number of anilines is 1. The molecule has 5 heteroatoms. The van der Waals surface area contributed by atoms with Crippen molar-refractivity contribution in [3.05, 3.63) is 24.3 Å². The molecule has 20 heavy (non-hydrogen) atoms. The van der Waals surface area contributed by atoms with E-state index in [9.17, 15) is 4.79 Å². The number of likely N-dealkylation sites (tertiary alicyclic amines) is 1. The van der Waals surface area contributed by atoms with Crippen LogP contribution in [-0.2, 0) is 9.53 Å². The second-order valence-electron chi connectivity index (χ2n) is 5.14. The van der Waals surface area contributed by atoms with Crippen LogP contribution in [0.15, 0.2) is 24.3 Å². The van der Waals surface area contributed by atoms with E-state index in [4.69, 9.17) is 15.2 Å². The van der Waals surface area contributed by atoms with E-state index >= 15 is 0 Å². The summed E-state index contributed by atoms with van der Waals surface area (Å²) in [5.41, 5.74) is 6.30. The summed E-state index contributed by atoms with van der Waals surface area (Å²) in [5, 5.41) is 0. The molecule has 1 amide bonds. The summed E-state index contributed by atoms with van der Waals surface area (Å²) in [4.78, 5) is 13.9. The molecule has 1 aromatic carbocycles. The van der Waals surface area contributed by atoms with Crippen LogP contribution in [-0.4, -0.2) is 44.2 Å². The van der Waals surface area contributed by atoms with Gasteiger partial charge in [-0.05, 0) is 30.9 Å². The number of benzene rings is 1. The van der Waals surface area contributed by atoms with Gasteiger partial charge in [0.15, 0.2) is 6.61 Å². The van der Waals surface area contributed by atoms with Gasteiger partial charge < -0.3 is 20.1 Å². The summed E-state index contributed by atoms with van der Waals surface area (Å²) in [6.07, 6.45) is 2.00. The Balaban J connectivity index is 1.76. The average molecular weight is 278 g/mol. The molecule has 0 saturated carbocycles. The zero-order valence-corrected chi connectivity index (χ0v) is 11.9. The fourth-order valence-corrected chi connectivity index (χ4v) is 2.43. The van der Waals surface area contributed by atoms with Gasteiger partial charge in [-0.1, -0.05) is 6.07 Å². The second-order valence-corrected chi connectivity index (χ2v) is 5.14. The maximum atomic E-state index is 12.1. The lowest BCUT2D eigenvalue weighted by Crippen LogP contribution is -2.41. The van der Waals surface area contributed by atoms with E-state index in [1.807, 2.05) is 11.0 Å². The minimum Gasteiger partial charge on any atom is -0.484 e. The highest BCUT2D eigenvalue weighted by molar-refractivity contribution is 5.77. The summed E-state index contributed by atoms with van der Waals surface area (Å²) < 4.78 is 10.6. The number of rotatable bonds is 5. The first-order valence-electron chi connectivity index (χ1n) is 6.94. The topological polar surface area (TPSA) is 64.8 Å². The third-order valence-corrected chi connectivity index (χ3v) is 3.59. The monoisotopic (exact) mass is 278 g/mol. The molecular weight excluding hydrogens is 256 g/mol. The van der Waals surface area contributed by atoms with E-state index in [1.165, 1.54) is 0 Å². The quantitative estimate of drug-likeness (QED) is 0.830. The number of nitrogens with zero attached hydrogens (tertiary/aromatic N) is 1. The maximum absolute atomic E-state index is 12.1. The maximum Gasteiger partial charge on any atom is 0.260 e. The number of carbonyl (C=O) groups excluding carboxylic acids is 1. The Morgan fingerprint density at radius 1 is 1.40 bits per heavy atom. The fraction of sp³-hybridized carbons (Fsp3) is 0.533. The molecule has 0 aliphatic carbocycles. The third-order valence-electron chi connectivity index (χ3n) is 3.59. The molecule has 5 nitrogen and oxygen atoms in total. The van der Waals surface area contributed by atoms with Crippen molar-refractivity contribution in [2.75, 3.05) is 39.1 Å². The summed E-state index contributed by atoms with van der Waals surface area (Å²) in [5.74, 6) is 1.23. The van der Waals surface area contributed by atoms with Crippen LogP contribution in [0, 0.1) is 5.92 Å². The summed E-state index contributed by atoms with van der Waals surface area (Å²) in [6, 6.07) is 7.12. The van der Waals surface area contributed by atoms with Crippen molar-refractivity contribution in [2.24, 2.45) is 5.92 Å². The first-order chi connectivity index (χ1) is 9.69. The number of nitrogen functional groups attached to an aromatic ring is 1. The SMILES string of the molecule is COCC1CCN(C(=O)COc2cccc(N)c2)CC1. The van der Waals surface area contributed by atoms with Crippen LogP contribution in [0.3, 0.4) is 0 Å². The van der Waals surface area contributed by atoms with Crippen molar-refractivity contribution in [3.63, 3.8) is 0 Å². The van der Waals surface area contributed by atoms with E-state index in [2.05, 4.69) is 0 Å². The van der Waals surface area contributed by atoms with Crippen LogP contribution in [0.25, 0.3) is 0 Å². The zero-order valence-electron chi connectivity index (χ0n) is 11.9. The van der Waals surface area contributed by atoms with Gasteiger partial charge in [0.05, 0.1) is 0 Å². The second kappa shape index (κ2) is 7.14. The highest BCUT2D eigenvalue weighted by atomic mass is 16.5. The zero-order chi connectivity index (χ0) is 14.4. The van der Waals surface area contributed by atoms with Crippen molar-refractivity contribution >= 4 is 11.6 Å². The Morgan fingerprint density at radius 2 is 2.15 bits per heavy atom. The van der Waals surface area contributed by atoms with Crippen LogP contribution in [0.2, 0.25) is 0 Å². The highest BCUT2D eigenvalue weighted by Gasteiger charge is 2.22. The molecule has 2 rings (SSSR count). The number of methoxy groups -OCH3 is 1. The van der Waals surface area contributed by atoms with Gasteiger partial charge in [-0.3, -0.25) is 4.79 Å². The van der Waals surface area contributed by atoms with Crippen LogP contribution < -0.4 is 10.5 Å². The lowest BCUT2D eigenvalue weighted by Gasteiger charge is -2.31. The van der Waals surface area contributed by atoms with Crippen LogP contribution >= 0.6 is 0 Å². The number of hydrogen-bond acceptors (Lipinski definition) is 4. The Bertz CT molecular complexity index is 442. The number of carbonyl (C=O) groups is 1. The predicted molar refractivity (Wildman–Crippen MR) is 77.5 cm³/mol. The van der Waals surface area contributed by atoms with Crippen molar-refractivity contribution in [1.82, 2.24) is 4.90 Å². The van der Waals surface area contributed by atoms with Gasteiger partial charge in [-0.2, -0.15) is 0 Å². The number of hydrogen-bond donors (Lipinski definition) is 1. The normalized spacial score (nSPS) is 16.1. The summed E-state index contributed by atoms with van der Waals surface area (Å²) in [7, 11) is 1.72. The molecule has 2 N–H and O–H groups in total. The van der Waals surface area contributed by atoms with E-state index in [-0.39, 0.29) is 12.5 Å². The van der Waals surface area contributed by atoms with Crippen LogP contribution in [0.4, 0.5) is 5.69 Å². The molecule has 0 radical (unpaired) electrons. The number of amides is 1. The minimum atomic E-state index is 0.0308. The molecule has 110 valence electrons. The van der Waals surface area contributed by atoms with Crippen molar-refractivity contribution in [3.8, 4) is 5.75 Å². The Morgan fingerprint density at radius 3 is 2.80 bits per heavy atom. The molecular formula is C15H22N2O3. The van der Waals surface area contributed by atoms with Crippen molar-refractivity contribution in [2.45, 2.75) is 12.8 Å². The first-order valence-corrected chi connectivity index (χ1v) is 6.94. The third kappa shape index (κ3) is 4.13. The molecule has 1 fully saturated rings. The molecule has 1 heterocycles. The van der Waals surface area contributed by atoms with Crippen molar-refractivity contribution in [1.29, 1.82) is 0 Å². The van der Waals surface area contributed by atoms with Crippen LogP contribution in [0.5, 0.6) is 5.75 Å². The van der Waals surface area contributed by atoms with Crippen LogP contribution in [0.1, 0.15) is 12.8 Å². The number of ether oxygens (including phenoxy) is 2. The minimum absolute atomic E-state index is 0.0308. The summed E-state index contributed by atoms with van der Waals surface area (Å²) in [6.45, 7) is 2.42. The highest BCUT2D eigenvalue weighted by Crippen LogP contribution is 2.18. The standard InChI is InChI=1S/C15H22N2O3/c1-19-10-12-5-7-17(8-6-12)15(18)11-20-14-4-2-3-13(16)9-14/h2-4,9,12H,5-8,10-11,16H2,1H3. The van der Waals surface area contributed by atoms with Crippen molar-refractivity contribution < 1.29 is 14.3 Å². The van der Waals surface area contributed by atoms with E-state index in [0.717, 1.165) is 32.5 Å². The molecule has 0 spiro atoms. The number of nitrogens with two attached hydrogens (primary N) is 1. The smallest absolute Gasteiger partial charge is 0.260 e. The number of piperidine rings is 1. The predicted octanol–water partition coefficient (Wildman–Crippen LogP) is 1.53. The van der Waals surface area contributed by atoms with E-state index < -0.39 is 0 Å². The summed E-state index contributed by atoms with van der Waals surface area (Å²) >= 11 is 0. The molecule has 1 aliphatic rings. The Hall–Kier alpha value is -1.75. The molecule has 0 bridgehead atoms. The molecule has 1 aliphatic heterocycles. The van der Waals surface area contributed by atoms with Gasteiger partial charge in [0.1, 0.15) is 5.75 Å². The fourth-order valence-electron chi connectivity index (χ4n) is 2.43. The molecule has 0 atom stereocenters. The molecule has 1 saturated heterocycles. The largest absolute Gasteiger partial charge is 0.484 e. The molecule has 0 aromatic heterocycles. The van der Waals surface area contributed by atoms with Gasteiger partial charge >= 0.3 is 0 Å². The van der Waals surface area contributed by atoms with Gasteiger partial charge in [-0.25, -0.2) is 0 Å². The van der Waals surface area contributed by atoms with E-state index in [1.54, 1.807) is 25.3 Å². The van der Waals surface area contributed by atoms with Gasteiger partial charge in [0, 0.05) is 38.6 Å². The van der Waals surface area contributed by atoms with E-state index in [0.29, 0.717) is 17.4 Å². The Labute approximate surface area is 119 Å². The molecule has 0 unspecified atom stereocenters. The lowest BCUT2D eigenvalue weighted by molar-refractivity contribution is -0.135. The lowest BCUT2D eigenvalue weighted by atomic mass is 9.98. The van der Waals surface area contributed by atoms with Gasteiger partial charge in [0.25, 0.3) is 5.91 Å².